The Bertz CT molecular complexity index is 268. The van der Waals surface area contributed by atoms with E-state index in [-0.39, 0.29) is 5.76 Å². The van der Waals surface area contributed by atoms with E-state index in [0.717, 1.165) is 6.07 Å². The summed E-state index contributed by atoms with van der Waals surface area (Å²) in [5.74, 6) is -0.361. The molecule has 2 N–H and O–H groups in total. The topological polar surface area (TPSA) is 52.0 Å². The number of aromatic nitrogens is 1. The van der Waals surface area contributed by atoms with E-state index in [1.807, 2.05) is 0 Å². The van der Waals surface area contributed by atoms with Crippen LogP contribution in [0.5, 0.6) is 0 Å². The molecule has 0 aliphatic heterocycles. The molecule has 6 heteroatoms. The van der Waals surface area contributed by atoms with E-state index in [4.69, 9.17) is 5.73 Å². The summed E-state index contributed by atoms with van der Waals surface area (Å²) in [6, 6.07) is -0.920. The molecule has 1 heterocycles. The van der Waals surface area contributed by atoms with Crippen LogP contribution in [0.4, 0.5) is 13.2 Å². The summed E-state index contributed by atoms with van der Waals surface area (Å²) in [6.07, 6.45) is -4.48. The zero-order chi connectivity index (χ0) is 9.35. The number of halogens is 3. The van der Waals surface area contributed by atoms with Crippen molar-refractivity contribution in [2.75, 3.05) is 0 Å². The number of nitrogens with two attached hydrogens (primary N) is 1. The molecule has 0 aliphatic rings. The highest BCUT2D eigenvalue weighted by Crippen LogP contribution is 2.30. The molecule has 12 heavy (non-hydrogen) atoms. The van der Waals surface area contributed by atoms with Gasteiger partial charge >= 0.3 is 6.18 Å². The molecule has 0 saturated carbocycles. The predicted octanol–water partition coefficient (Wildman–Crippen LogP) is 1.55. The fraction of sp³-hybridized carbons (Fsp3) is 0.500. The second-order valence-corrected chi connectivity index (χ2v) is 2.39. The van der Waals surface area contributed by atoms with Crippen LogP contribution in [0.25, 0.3) is 0 Å². The average molecular weight is 180 g/mol. The lowest BCUT2D eigenvalue weighted by Crippen LogP contribution is -2.27. The highest BCUT2D eigenvalue weighted by Gasteiger charge is 2.40. The molecule has 3 nitrogen and oxygen atoms in total. The smallest absolute Gasteiger partial charge is 0.359 e. The van der Waals surface area contributed by atoms with Gasteiger partial charge in [0.2, 0.25) is 0 Å². The summed E-state index contributed by atoms with van der Waals surface area (Å²) in [5.41, 5.74) is 5.21. The molecule has 1 unspecified atom stereocenters. The summed E-state index contributed by atoms with van der Waals surface area (Å²) in [7, 11) is 0. The maximum Gasteiger partial charge on any atom is 0.410 e. The first-order chi connectivity index (χ1) is 5.41. The van der Waals surface area contributed by atoms with E-state index in [0.29, 0.717) is 5.69 Å². The quantitative estimate of drug-likeness (QED) is 0.713. The molecule has 0 aliphatic carbocycles. The van der Waals surface area contributed by atoms with Gasteiger partial charge in [-0.1, -0.05) is 5.16 Å². The maximum atomic E-state index is 11.9. The minimum absolute atomic E-state index is 0.361. The Kier molecular flexibility index (Phi) is 2.10. The number of hydrogen-bond donors (Lipinski definition) is 1. The zero-order valence-corrected chi connectivity index (χ0v) is 6.22. The molecule has 68 valence electrons. The van der Waals surface area contributed by atoms with E-state index in [1.54, 1.807) is 0 Å². The Labute approximate surface area is 66.3 Å². The van der Waals surface area contributed by atoms with Crippen LogP contribution in [0.15, 0.2) is 10.6 Å². The molecule has 0 aromatic carbocycles. The largest absolute Gasteiger partial charge is 0.410 e. The van der Waals surface area contributed by atoms with Crippen molar-refractivity contribution in [3.05, 3.63) is 17.5 Å². The number of nitrogens with zero attached hydrogens (tertiary/aromatic N) is 1. The molecular formula is C6H7F3N2O. The minimum atomic E-state index is -4.48. The van der Waals surface area contributed by atoms with E-state index in [9.17, 15) is 13.2 Å². The highest BCUT2D eigenvalue weighted by atomic mass is 19.4. The van der Waals surface area contributed by atoms with Crippen LogP contribution in [0.3, 0.4) is 0 Å². The second-order valence-electron chi connectivity index (χ2n) is 2.39. The molecule has 0 bridgehead atoms. The van der Waals surface area contributed by atoms with Gasteiger partial charge in [0.05, 0.1) is 5.69 Å². The lowest BCUT2D eigenvalue weighted by atomic mass is 10.2. The lowest BCUT2D eigenvalue weighted by molar-refractivity contribution is -0.153. The van der Waals surface area contributed by atoms with Crippen LogP contribution >= 0.6 is 0 Å². The first-order valence-corrected chi connectivity index (χ1v) is 3.17. The van der Waals surface area contributed by atoms with Gasteiger partial charge in [-0.15, -0.1) is 0 Å². The Hall–Kier alpha value is -1.04. The van der Waals surface area contributed by atoms with Crippen molar-refractivity contribution >= 4 is 0 Å². The number of alkyl halides is 3. The van der Waals surface area contributed by atoms with Crippen molar-refractivity contribution in [3.8, 4) is 0 Å². The van der Waals surface area contributed by atoms with Crippen LogP contribution in [0.1, 0.15) is 17.5 Å². The van der Waals surface area contributed by atoms with E-state index >= 15 is 0 Å². The second kappa shape index (κ2) is 2.78. The van der Waals surface area contributed by atoms with Crippen LogP contribution in [-0.2, 0) is 0 Å². The van der Waals surface area contributed by atoms with Gasteiger partial charge in [-0.2, -0.15) is 13.2 Å². The number of aryl methyl sites for hydroxylation is 1. The minimum Gasteiger partial charge on any atom is -0.359 e. The Balaban J connectivity index is 2.85. The van der Waals surface area contributed by atoms with E-state index in [1.165, 1.54) is 6.92 Å². The summed E-state index contributed by atoms with van der Waals surface area (Å²) in [5, 5.41) is 3.30. The van der Waals surface area contributed by atoms with Gasteiger partial charge in [-0.05, 0) is 6.92 Å². The molecule has 1 atom stereocenters. The third-order valence-electron chi connectivity index (χ3n) is 1.31. The summed E-state index contributed by atoms with van der Waals surface area (Å²) in [4.78, 5) is 0. The van der Waals surface area contributed by atoms with Crippen molar-refractivity contribution in [1.29, 1.82) is 0 Å². The van der Waals surface area contributed by atoms with Crippen molar-refractivity contribution in [2.45, 2.75) is 19.1 Å². The standard InChI is InChI=1S/C6H7F3N2O/c1-3-2-4(12-11-3)5(10)6(7,8)9/h2,5H,10H2,1H3. The van der Waals surface area contributed by atoms with E-state index in [2.05, 4.69) is 9.68 Å². The summed E-state index contributed by atoms with van der Waals surface area (Å²) < 4.78 is 40.2. The third-order valence-corrected chi connectivity index (χ3v) is 1.31. The van der Waals surface area contributed by atoms with Gasteiger partial charge in [0, 0.05) is 6.07 Å². The van der Waals surface area contributed by atoms with Gasteiger partial charge in [-0.25, -0.2) is 0 Å². The molecule has 0 spiro atoms. The van der Waals surface area contributed by atoms with Crippen LogP contribution < -0.4 is 5.73 Å². The Morgan fingerprint density at radius 3 is 2.50 bits per heavy atom. The molecule has 0 radical (unpaired) electrons. The fourth-order valence-electron chi connectivity index (χ4n) is 0.691. The normalized spacial score (nSPS) is 14.8. The maximum absolute atomic E-state index is 11.9. The van der Waals surface area contributed by atoms with E-state index < -0.39 is 12.2 Å². The van der Waals surface area contributed by atoms with Crippen molar-refractivity contribution in [1.82, 2.24) is 5.16 Å². The van der Waals surface area contributed by atoms with Crippen LogP contribution in [0, 0.1) is 6.92 Å². The predicted molar refractivity (Wildman–Crippen MR) is 34.2 cm³/mol. The number of hydrogen-bond acceptors (Lipinski definition) is 3. The lowest BCUT2D eigenvalue weighted by Gasteiger charge is -2.11. The highest BCUT2D eigenvalue weighted by molar-refractivity contribution is 5.08. The molecule has 1 rings (SSSR count). The van der Waals surface area contributed by atoms with Crippen LogP contribution in [0.2, 0.25) is 0 Å². The van der Waals surface area contributed by atoms with Crippen LogP contribution in [-0.4, -0.2) is 11.3 Å². The number of rotatable bonds is 1. The fourth-order valence-corrected chi connectivity index (χ4v) is 0.691. The monoisotopic (exact) mass is 180 g/mol. The first-order valence-electron chi connectivity index (χ1n) is 3.17. The molecule has 0 saturated heterocycles. The summed E-state index contributed by atoms with van der Waals surface area (Å²) in [6.45, 7) is 1.52. The third kappa shape index (κ3) is 1.76. The molecule has 1 aromatic heterocycles. The molecular weight excluding hydrogens is 173 g/mol. The van der Waals surface area contributed by atoms with Crippen molar-refractivity contribution in [2.24, 2.45) is 5.73 Å². The Morgan fingerprint density at radius 2 is 2.17 bits per heavy atom. The summed E-state index contributed by atoms with van der Waals surface area (Å²) >= 11 is 0. The SMILES string of the molecule is Cc1cc(C(N)C(F)(F)F)on1. The van der Waals surface area contributed by atoms with Gasteiger partial charge in [0.1, 0.15) is 0 Å². The average Bonchev–Trinajstić information content (AvgIpc) is 2.32. The molecule has 0 fully saturated rings. The Morgan fingerprint density at radius 1 is 1.58 bits per heavy atom. The first kappa shape index (κ1) is 9.05. The van der Waals surface area contributed by atoms with Gasteiger partial charge in [0.15, 0.2) is 11.8 Å². The van der Waals surface area contributed by atoms with Crippen molar-refractivity contribution < 1.29 is 17.7 Å². The molecule has 0 amide bonds. The zero-order valence-electron chi connectivity index (χ0n) is 6.22. The van der Waals surface area contributed by atoms with Crippen molar-refractivity contribution in [3.63, 3.8) is 0 Å². The van der Waals surface area contributed by atoms with Gasteiger partial charge < -0.3 is 10.3 Å². The molecule has 1 aromatic rings. The van der Waals surface area contributed by atoms with Gasteiger partial charge in [0.25, 0.3) is 0 Å². The van der Waals surface area contributed by atoms with Gasteiger partial charge in [-0.3, -0.25) is 0 Å².